The second-order valence-corrected chi connectivity index (χ2v) is 5.33. The van der Waals surface area contributed by atoms with Crippen LogP contribution in [0.4, 0.5) is 5.82 Å². The number of rotatable bonds is 2. The summed E-state index contributed by atoms with van der Waals surface area (Å²) in [7, 11) is 0. The first kappa shape index (κ1) is 12.7. The summed E-state index contributed by atoms with van der Waals surface area (Å²) >= 11 is 0. The molecule has 0 saturated carbocycles. The first-order valence-corrected chi connectivity index (χ1v) is 6.75. The zero-order chi connectivity index (χ0) is 14.3. The van der Waals surface area contributed by atoms with E-state index in [1.54, 1.807) is 6.92 Å². The molecule has 20 heavy (non-hydrogen) atoms. The molecule has 3 rings (SSSR count). The quantitative estimate of drug-likeness (QED) is 0.868. The van der Waals surface area contributed by atoms with Crippen LogP contribution in [0.1, 0.15) is 25.0 Å². The molecule has 1 aliphatic rings. The van der Waals surface area contributed by atoms with Gasteiger partial charge in [-0.3, -0.25) is 14.3 Å². The van der Waals surface area contributed by atoms with Crippen LogP contribution in [0, 0.1) is 0 Å². The molecule has 0 aliphatic carbocycles. The average Bonchev–Trinajstić information content (AvgIpc) is 2.79. The van der Waals surface area contributed by atoms with E-state index >= 15 is 0 Å². The molecule has 0 bridgehead atoms. The molecular formula is C15H17N3O2. The second kappa shape index (κ2) is 4.37. The first-order valence-electron chi connectivity index (χ1n) is 6.75. The molecule has 0 spiro atoms. The van der Waals surface area contributed by atoms with Crippen molar-refractivity contribution in [1.29, 1.82) is 0 Å². The summed E-state index contributed by atoms with van der Waals surface area (Å²) in [5.41, 5.74) is 0.829. The molecule has 5 nitrogen and oxygen atoms in total. The maximum absolute atomic E-state index is 12.3. The lowest BCUT2D eigenvalue weighted by Crippen LogP contribution is -2.36. The van der Waals surface area contributed by atoms with Gasteiger partial charge in [-0.1, -0.05) is 30.3 Å². The fourth-order valence-corrected chi connectivity index (χ4v) is 2.82. The highest BCUT2D eigenvalue weighted by molar-refractivity contribution is 5.54. The standard InChI is InChI=1S/C15H17N3O2/c1-3-18-13(19)11-9-15(2,10-7-5-4-6-8-10)17-12(11)16-14(18)20/h4-8,17H,3,9H2,1-2H3,(H,16,20)/t15-/m1/s1. The van der Waals surface area contributed by atoms with E-state index in [-0.39, 0.29) is 16.8 Å². The SMILES string of the molecule is CCn1c(=O)[nH]c2c(c1=O)C[C@](C)(c1ccccc1)N2. The number of H-pyrrole nitrogens is 1. The lowest BCUT2D eigenvalue weighted by Gasteiger charge is -2.25. The highest BCUT2D eigenvalue weighted by atomic mass is 16.2. The van der Waals surface area contributed by atoms with Gasteiger partial charge in [-0.25, -0.2) is 4.79 Å². The first-order chi connectivity index (χ1) is 9.55. The molecule has 2 N–H and O–H groups in total. The van der Waals surface area contributed by atoms with Gasteiger partial charge in [-0.2, -0.15) is 0 Å². The number of hydrogen-bond acceptors (Lipinski definition) is 3. The van der Waals surface area contributed by atoms with Crippen LogP contribution in [0.5, 0.6) is 0 Å². The molecule has 2 aromatic rings. The summed E-state index contributed by atoms with van der Waals surface area (Å²) < 4.78 is 1.23. The van der Waals surface area contributed by atoms with Gasteiger partial charge in [0.2, 0.25) is 0 Å². The monoisotopic (exact) mass is 271 g/mol. The Morgan fingerprint density at radius 2 is 1.95 bits per heavy atom. The summed E-state index contributed by atoms with van der Waals surface area (Å²) in [4.78, 5) is 26.9. The van der Waals surface area contributed by atoms with E-state index in [9.17, 15) is 9.59 Å². The molecule has 1 aliphatic heterocycles. The molecule has 1 aromatic heterocycles. The Labute approximate surface area is 116 Å². The smallest absolute Gasteiger partial charge is 0.329 e. The minimum Gasteiger partial charge on any atom is -0.362 e. The zero-order valence-electron chi connectivity index (χ0n) is 11.6. The maximum Gasteiger partial charge on any atom is 0.329 e. The Balaban J connectivity index is 2.12. The van der Waals surface area contributed by atoms with Gasteiger partial charge in [-0.15, -0.1) is 0 Å². The third-order valence-corrected chi connectivity index (χ3v) is 3.94. The van der Waals surface area contributed by atoms with Crippen LogP contribution in [0.3, 0.4) is 0 Å². The molecule has 2 heterocycles. The third-order valence-electron chi connectivity index (χ3n) is 3.94. The van der Waals surface area contributed by atoms with Crippen molar-refractivity contribution in [1.82, 2.24) is 9.55 Å². The molecular weight excluding hydrogens is 254 g/mol. The molecule has 0 saturated heterocycles. The lowest BCUT2D eigenvalue weighted by molar-refractivity contribution is 0.564. The second-order valence-electron chi connectivity index (χ2n) is 5.33. The van der Waals surface area contributed by atoms with Crippen molar-refractivity contribution in [3.8, 4) is 0 Å². The van der Waals surface area contributed by atoms with Crippen molar-refractivity contribution in [3.63, 3.8) is 0 Å². The highest BCUT2D eigenvalue weighted by Crippen LogP contribution is 2.35. The van der Waals surface area contributed by atoms with Crippen molar-refractivity contribution in [2.24, 2.45) is 0 Å². The predicted molar refractivity (Wildman–Crippen MR) is 78.1 cm³/mol. The molecule has 104 valence electrons. The molecule has 0 amide bonds. The van der Waals surface area contributed by atoms with Crippen LogP contribution in [0.2, 0.25) is 0 Å². The van der Waals surface area contributed by atoms with Gasteiger partial charge in [0.1, 0.15) is 5.82 Å². The Hall–Kier alpha value is -2.30. The van der Waals surface area contributed by atoms with E-state index in [1.807, 2.05) is 37.3 Å². The number of hydrogen-bond donors (Lipinski definition) is 2. The summed E-state index contributed by atoms with van der Waals surface area (Å²) in [6.07, 6.45) is 0.571. The van der Waals surface area contributed by atoms with Gasteiger partial charge in [0.25, 0.3) is 5.56 Å². The average molecular weight is 271 g/mol. The Morgan fingerprint density at radius 1 is 1.25 bits per heavy atom. The van der Waals surface area contributed by atoms with Gasteiger partial charge in [0.15, 0.2) is 0 Å². The fourth-order valence-electron chi connectivity index (χ4n) is 2.82. The van der Waals surface area contributed by atoms with Crippen LogP contribution < -0.4 is 16.6 Å². The number of fused-ring (bicyclic) bond motifs is 1. The number of nitrogens with one attached hydrogen (secondary N) is 2. The summed E-state index contributed by atoms with van der Waals surface area (Å²) in [6.45, 7) is 4.21. The van der Waals surface area contributed by atoms with Gasteiger partial charge in [-0.05, 0) is 19.4 Å². The molecule has 5 heteroatoms. The molecule has 0 unspecified atom stereocenters. The van der Waals surface area contributed by atoms with Crippen LogP contribution >= 0.6 is 0 Å². The molecule has 1 atom stereocenters. The summed E-state index contributed by atoms with van der Waals surface area (Å²) in [5, 5.41) is 3.29. The van der Waals surface area contributed by atoms with Crippen LogP contribution in [0.15, 0.2) is 39.9 Å². The maximum atomic E-state index is 12.3. The number of benzene rings is 1. The molecule has 1 aromatic carbocycles. The van der Waals surface area contributed by atoms with E-state index in [2.05, 4.69) is 10.3 Å². The van der Waals surface area contributed by atoms with Gasteiger partial charge in [0.05, 0.1) is 11.1 Å². The van der Waals surface area contributed by atoms with Crippen molar-refractivity contribution in [2.45, 2.75) is 32.4 Å². The van der Waals surface area contributed by atoms with Crippen LogP contribution in [-0.2, 0) is 18.5 Å². The normalized spacial score (nSPS) is 20.5. The minimum absolute atomic E-state index is 0.196. The fraction of sp³-hybridized carbons (Fsp3) is 0.333. The Kier molecular flexibility index (Phi) is 2.78. The molecule has 0 fully saturated rings. The lowest BCUT2D eigenvalue weighted by atomic mass is 9.89. The van der Waals surface area contributed by atoms with E-state index in [1.165, 1.54) is 4.57 Å². The van der Waals surface area contributed by atoms with Crippen molar-refractivity contribution < 1.29 is 0 Å². The van der Waals surface area contributed by atoms with Crippen LogP contribution in [-0.4, -0.2) is 9.55 Å². The van der Waals surface area contributed by atoms with Gasteiger partial charge < -0.3 is 5.32 Å². The number of aromatic nitrogens is 2. The Bertz CT molecular complexity index is 761. The molecule has 0 radical (unpaired) electrons. The third kappa shape index (κ3) is 1.78. The summed E-state index contributed by atoms with van der Waals surface area (Å²) in [6, 6.07) is 9.95. The Morgan fingerprint density at radius 3 is 2.60 bits per heavy atom. The van der Waals surface area contributed by atoms with E-state index in [4.69, 9.17) is 0 Å². The predicted octanol–water partition coefficient (Wildman–Crippen LogP) is 1.44. The minimum atomic E-state index is -0.362. The van der Waals surface area contributed by atoms with Crippen LogP contribution in [0.25, 0.3) is 0 Å². The number of nitrogens with zero attached hydrogens (tertiary/aromatic N) is 1. The van der Waals surface area contributed by atoms with E-state index in [0.29, 0.717) is 24.3 Å². The number of anilines is 1. The van der Waals surface area contributed by atoms with Gasteiger partial charge in [0, 0.05) is 13.0 Å². The van der Waals surface area contributed by atoms with Crippen molar-refractivity contribution in [2.75, 3.05) is 5.32 Å². The number of aromatic amines is 1. The topological polar surface area (TPSA) is 66.9 Å². The van der Waals surface area contributed by atoms with E-state index < -0.39 is 0 Å². The van der Waals surface area contributed by atoms with Gasteiger partial charge >= 0.3 is 5.69 Å². The van der Waals surface area contributed by atoms with Crippen molar-refractivity contribution in [3.05, 3.63) is 62.3 Å². The van der Waals surface area contributed by atoms with E-state index in [0.717, 1.165) is 5.56 Å². The zero-order valence-corrected chi connectivity index (χ0v) is 11.6. The largest absolute Gasteiger partial charge is 0.362 e. The summed E-state index contributed by atoms with van der Waals surface area (Å²) in [5.74, 6) is 0.552. The highest BCUT2D eigenvalue weighted by Gasteiger charge is 2.36. The van der Waals surface area contributed by atoms with Crippen molar-refractivity contribution >= 4 is 5.82 Å².